The highest BCUT2D eigenvalue weighted by atomic mass is 79.9. The Bertz CT molecular complexity index is 495. The number of nitrogens with one attached hydrogen (secondary N) is 1. The number of alkyl halides is 5. The van der Waals surface area contributed by atoms with Crippen molar-refractivity contribution in [3.8, 4) is 11.5 Å². The lowest BCUT2D eigenvalue weighted by Gasteiger charge is -2.12. The molecule has 1 amide bonds. The van der Waals surface area contributed by atoms with Crippen molar-refractivity contribution in [3.05, 3.63) is 22.7 Å². The SMILES string of the molecule is O=C(COc1ccc(OC(F)(F)F)cc1Br)NCC(F)F. The second-order valence-electron chi connectivity index (χ2n) is 3.62. The van der Waals surface area contributed by atoms with Gasteiger partial charge in [0.1, 0.15) is 11.5 Å². The van der Waals surface area contributed by atoms with Crippen molar-refractivity contribution >= 4 is 21.8 Å². The summed E-state index contributed by atoms with van der Waals surface area (Å²) in [6.07, 6.45) is -7.50. The summed E-state index contributed by atoms with van der Waals surface area (Å²) in [5, 5.41) is 1.91. The molecule has 1 aromatic carbocycles. The highest BCUT2D eigenvalue weighted by Crippen LogP contribution is 2.31. The number of amides is 1. The number of carbonyl (C=O) groups is 1. The third kappa shape index (κ3) is 7.11. The van der Waals surface area contributed by atoms with E-state index in [1.807, 2.05) is 5.32 Å². The van der Waals surface area contributed by atoms with Crippen LogP contribution in [0, 0.1) is 0 Å². The van der Waals surface area contributed by atoms with E-state index in [2.05, 4.69) is 20.7 Å². The Kier molecular flexibility index (Phi) is 6.19. The summed E-state index contributed by atoms with van der Waals surface area (Å²) < 4.78 is 68.4. The van der Waals surface area contributed by atoms with E-state index >= 15 is 0 Å². The van der Waals surface area contributed by atoms with Gasteiger partial charge in [0, 0.05) is 0 Å². The standard InChI is InChI=1S/C11H9BrF5NO3/c12-7-3-6(21-11(15,16)17)1-2-8(7)20-5-10(19)18-4-9(13)14/h1-3,9H,4-5H2,(H,18,19). The minimum absolute atomic E-state index is 0.0664. The molecular formula is C11H9BrF5NO3. The largest absolute Gasteiger partial charge is 0.573 e. The number of halogens is 6. The van der Waals surface area contributed by atoms with Gasteiger partial charge in [-0.3, -0.25) is 4.79 Å². The molecule has 1 N–H and O–H groups in total. The Hall–Kier alpha value is -1.58. The van der Waals surface area contributed by atoms with Gasteiger partial charge in [-0.15, -0.1) is 13.2 Å². The van der Waals surface area contributed by atoms with Gasteiger partial charge in [0.15, 0.2) is 6.61 Å². The zero-order chi connectivity index (χ0) is 16.0. The number of ether oxygens (including phenoxy) is 2. The normalized spacial score (nSPS) is 11.4. The fourth-order valence-corrected chi connectivity index (χ4v) is 1.65. The van der Waals surface area contributed by atoms with Crippen molar-refractivity contribution < 1.29 is 36.2 Å². The molecule has 0 aliphatic rings. The number of carbonyl (C=O) groups excluding carboxylic acids is 1. The molecule has 0 saturated carbocycles. The van der Waals surface area contributed by atoms with Crippen LogP contribution in [0.1, 0.15) is 0 Å². The summed E-state index contributed by atoms with van der Waals surface area (Å²) >= 11 is 2.94. The molecule has 0 aromatic heterocycles. The minimum Gasteiger partial charge on any atom is -0.483 e. The first-order valence-electron chi connectivity index (χ1n) is 5.40. The van der Waals surface area contributed by atoms with Gasteiger partial charge in [-0.05, 0) is 34.1 Å². The maximum Gasteiger partial charge on any atom is 0.573 e. The fraction of sp³-hybridized carbons (Fsp3) is 0.364. The molecule has 118 valence electrons. The highest BCUT2D eigenvalue weighted by Gasteiger charge is 2.31. The van der Waals surface area contributed by atoms with Crippen LogP contribution in [0.5, 0.6) is 11.5 Å². The first-order valence-corrected chi connectivity index (χ1v) is 6.19. The molecule has 0 aliphatic heterocycles. The Morgan fingerprint density at radius 3 is 2.52 bits per heavy atom. The molecule has 0 saturated heterocycles. The number of benzene rings is 1. The van der Waals surface area contributed by atoms with E-state index in [0.717, 1.165) is 18.2 Å². The maximum absolute atomic E-state index is 12.0. The zero-order valence-corrected chi connectivity index (χ0v) is 11.8. The maximum atomic E-state index is 12.0. The molecule has 0 spiro atoms. The number of hydrogen-bond acceptors (Lipinski definition) is 3. The van der Waals surface area contributed by atoms with Gasteiger partial charge in [0.25, 0.3) is 12.3 Å². The Balaban J connectivity index is 2.55. The average Bonchev–Trinajstić information content (AvgIpc) is 2.33. The van der Waals surface area contributed by atoms with Crippen LogP contribution in [-0.4, -0.2) is 31.8 Å². The molecule has 0 radical (unpaired) electrons. The topological polar surface area (TPSA) is 47.6 Å². The van der Waals surface area contributed by atoms with E-state index < -0.39 is 37.6 Å². The predicted octanol–water partition coefficient (Wildman–Crippen LogP) is 3.11. The van der Waals surface area contributed by atoms with Gasteiger partial charge < -0.3 is 14.8 Å². The van der Waals surface area contributed by atoms with Crippen LogP contribution >= 0.6 is 15.9 Å². The molecule has 0 fully saturated rings. The summed E-state index contributed by atoms with van der Waals surface area (Å²) in [6.45, 7) is -1.35. The summed E-state index contributed by atoms with van der Waals surface area (Å²) in [4.78, 5) is 11.1. The van der Waals surface area contributed by atoms with Crippen LogP contribution in [0.15, 0.2) is 22.7 Å². The van der Waals surface area contributed by atoms with Gasteiger partial charge in [-0.1, -0.05) is 0 Å². The lowest BCUT2D eigenvalue weighted by Crippen LogP contribution is -2.32. The Morgan fingerprint density at radius 1 is 1.33 bits per heavy atom. The van der Waals surface area contributed by atoms with Crippen molar-refractivity contribution in [1.29, 1.82) is 0 Å². The highest BCUT2D eigenvalue weighted by molar-refractivity contribution is 9.10. The molecule has 10 heteroatoms. The predicted molar refractivity (Wildman–Crippen MR) is 65.3 cm³/mol. The molecule has 0 atom stereocenters. The first-order chi connectivity index (χ1) is 9.67. The number of rotatable bonds is 6. The van der Waals surface area contributed by atoms with Gasteiger partial charge in [0.05, 0.1) is 11.0 Å². The third-order valence-electron chi connectivity index (χ3n) is 1.95. The van der Waals surface area contributed by atoms with Gasteiger partial charge in [-0.25, -0.2) is 8.78 Å². The van der Waals surface area contributed by atoms with Gasteiger partial charge >= 0.3 is 6.36 Å². The molecule has 0 bridgehead atoms. The molecule has 0 unspecified atom stereocenters. The lowest BCUT2D eigenvalue weighted by molar-refractivity contribution is -0.274. The monoisotopic (exact) mass is 377 g/mol. The molecule has 1 aromatic rings. The van der Waals surface area contributed by atoms with Crippen molar-refractivity contribution in [2.45, 2.75) is 12.8 Å². The van der Waals surface area contributed by atoms with Crippen molar-refractivity contribution in [2.75, 3.05) is 13.2 Å². The van der Waals surface area contributed by atoms with Crippen LogP contribution < -0.4 is 14.8 Å². The van der Waals surface area contributed by atoms with E-state index in [-0.39, 0.29) is 10.2 Å². The summed E-state index contributed by atoms with van der Waals surface area (Å²) in [5.41, 5.74) is 0. The summed E-state index contributed by atoms with van der Waals surface area (Å²) in [6, 6.07) is 3.13. The smallest absolute Gasteiger partial charge is 0.483 e. The van der Waals surface area contributed by atoms with E-state index in [0.29, 0.717) is 0 Å². The van der Waals surface area contributed by atoms with Crippen molar-refractivity contribution in [2.24, 2.45) is 0 Å². The Labute approximate surface area is 124 Å². The van der Waals surface area contributed by atoms with Crippen LogP contribution in [0.4, 0.5) is 22.0 Å². The van der Waals surface area contributed by atoms with Gasteiger partial charge in [-0.2, -0.15) is 0 Å². The first kappa shape index (κ1) is 17.5. The van der Waals surface area contributed by atoms with Gasteiger partial charge in [0.2, 0.25) is 0 Å². The van der Waals surface area contributed by atoms with Crippen LogP contribution in [0.25, 0.3) is 0 Å². The fourth-order valence-electron chi connectivity index (χ4n) is 1.18. The minimum atomic E-state index is -4.82. The van der Waals surface area contributed by atoms with E-state index in [1.165, 1.54) is 0 Å². The lowest BCUT2D eigenvalue weighted by atomic mass is 10.3. The zero-order valence-electron chi connectivity index (χ0n) is 10.2. The quantitative estimate of drug-likeness (QED) is 0.775. The van der Waals surface area contributed by atoms with E-state index in [1.54, 1.807) is 0 Å². The van der Waals surface area contributed by atoms with E-state index in [9.17, 15) is 26.7 Å². The van der Waals surface area contributed by atoms with Crippen LogP contribution in [0.3, 0.4) is 0 Å². The average molecular weight is 378 g/mol. The second kappa shape index (κ2) is 7.43. The van der Waals surface area contributed by atoms with E-state index in [4.69, 9.17) is 4.74 Å². The molecule has 21 heavy (non-hydrogen) atoms. The molecular weight excluding hydrogens is 369 g/mol. The second-order valence-corrected chi connectivity index (χ2v) is 4.48. The molecule has 0 heterocycles. The van der Waals surface area contributed by atoms with Crippen LogP contribution in [-0.2, 0) is 4.79 Å². The Morgan fingerprint density at radius 2 is 2.00 bits per heavy atom. The number of hydrogen-bond donors (Lipinski definition) is 1. The van der Waals surface area contributed by atoms with Crippen molar-refractivity contribution in [1.82, 2.24) is 5.32 Å². The molecule has 4 nitrogen and oxygen atoms in total. The molecule has 1 rings (SSSR count). The van der Waals surface area contributed by atoms with Crippen molar-refractivity contribution in [3.63, 3.8) is 0 Å². The summed E-state index contributed by atoms with van der Waals surface area (Å²) in [5.74, 6) is -1.18. The summed E-state index contributed by atoms with van der Waals surface area (Å²) in [7, 11) is 0. The molecule has 0 aliphatic carbocycles. The van der Waals surface area contributed by atoms with Crippen LogP contribution in [0.2, 0.25) is 0 Å². The third-order valence-corrected chi connectivity index (χ3v) is 2.57.